The molecular weight excluding hydrogens is 278 g/mol. The van der Waals surface area contributed by atoms with E-state index in [1.165, 1.54) is 10.2 Å². The number of primary amides is 1. The van der Waals surface area contributed by atoms with Crippen molar-refractivity contribution in [1.82, 2.24) is 15.0 Å². The summed E-state index contributed by atoms with van der Waals surface area (Å²) >= 11 is 6.04. The van der Waals surface area contributed by atoms with Crippen molar-refractivity contribution in [3.63, 3.8) is 0 Å². The third kappa shape index (κ3) is 2.60. The van der Waals surface area contributed by atoms with Crippen molar-refractivity contribution in [3.8, 4) is 0 Å². The number of anilines is 1. The molecule has 0 atom stereocenters. The zero-order valence-electron chi connectivity index (χ0n) is 10.8. The van der Waals surface area contributed by atoms with Crippen molar-refractivity contribution in [1.29, 1.82) is 0 Å². The van der Waals surface area contributed by atoms with Crippen molar-refractivity contribution in [3.05, 3.63) is 40.7 Å². The van der Waals surface area contributed by atoms with Gasteiger partial charge >= 0.3 is 0 Å². The first kappa shape index (κ1) is 12.9. The van der Waals surface area contributed by atoms with Crippen LogP contribution in [-0.4, -0.2) is 27.4 Å². The van der Waals surface area contributed by atoms with Gasteiger partial charge in [-0.3, -0.25) is 4.79 Å². The minimum atomic E-state index is -0.431. The number of rotatable bonds is 4. The highest BCUT2D eigenvalue weighted by atomic mass is 35.5. The van der Waals surface area contributed by atoms with E-state index < -0.39 is 5.91 Å². The van der Waals surface area contributed by atoms with Gasteiger partial charge in [-0.15, -0.1) is 5.10 Å². The molecule has 3 rings (SSSR count). The number of hydrogen-bond acceptors (Lipinski definition) is 4. The smallest absolute Gasteiger partial charge is 0.239 e. The predicted molar refractivity (Wildman–Crippen MR) is 75.4 cm³/mol. The number of halogens is 1. The number of hydrogen-bond donors (Lipinski definition) is 1. The molecule has 1 aliphatic heterocycles. The van der Waals surface area contributed by atoms with E-state index in [1.54, 1.807) is 6.20 Å². The average Bonchev–Trinajstić information content (AvgIpc) is 2.97. The van der Waals surface area contributed by atoms with Crippen LogP contribution in [0.1, 0.15) is 11.3 Å². The Kier molecular flexibility index (Phi) is 3.31. The van der Waals surface area contributed by atoms with Crippen molar-refractivity contribution < 1.29 is 4.79 Å². The fraction of sp³-hybridized carbons (Fsp3) is 0.308. The molecule has 0 radical (unpaired) electrons. The summed E-state index contributed by atoms with van der Waals surface area (Å²) < 4.78 is 1.45. The molecule has 2 aromatic rings. The average molecular weight is 292 g/mol. The maximum atomic E-state index is 10.8. The summed E-state index contributed by atoms with van der Waals surface area (Å²) in [4.78, 5) is 13.0. The third-order valence-corrected chi connectivity index (χ3v) is 3.53. The lowest BCUT2D eigenvalue weighted by molar-refractivity contribution is -0.118. The number of nitrogens with two attached hydrogens (primary N) is 1. The second kappa shape index (κ2) is 5.13. The lowest BCUT2D eigenvalue weighted by Gasteiger charge is -2.17. The van der Waals surface area contributed by atoms with Crippen LogP contribution in [-0.2, 0) is 24.3 Å². The first-order valence-electron chi connectivity index (χ1n) is 6.32. The first-order valence-corrected chi connectivity index (χ1v) is 6.70. The molecule has 1 amide bonds. The molecule has 0 saturated heterocycles. The maximum Gasteiger partial charge on any atom is 0.239 e. The number of amides is 1. The van der Waals surface area contributed by atoms with Crippen LogP contribution in [0.4, 0.5) is 5.69 Å². The van der Waals surface area contributed by atoms with Gasteiger partial charge < -0.3 is 10.6 Å². The highest BCUT2D eigenvalue weighted by molar-refractivity contribution is 6.30. The lowest BCUT2D eigenvalue weighted by atomic mass is 10.2. The molecule has 2 heterocycles. The number of aromatic nitrogens is 3. The predicted octanol–water partition coefficient (Wildman–Crippen LogP) is 0.979. The van der Waals surface area contributed by atoms with Gasteiger partial charge in [-0.2, -0.15) is 0 Å². The summed E-state index contributed by atoms with van der Waals surface area (Å²) in [6, 6.07) is 5.94. The lowest BCUT2D eigenvalue weighted by Crippen LogP contribution is -2.20. The summed E-state index contributed by atoms with van der Waals surface area (Å²) in [5.74, 6) is -0.431. The molecule has 7 heteroatoms. The van der Waals surface area contributed by atoms with Gasteiger partial charge in [0.05, 0.1) is 12.7 Å². The van der Waals surface area contributed by atoms with Crippen LogP contribution in [0.5, 0.6) is 0 Å². The van der Waals surface area contributed by atoms with Gasteiger partial charge in [0.15, 0.2) is 0 Å². The van der Waals surface area contributed by atoms with Crippen LogP contribution < -0.4 is 10.6 Å². The van der Waals surface area contributed by atoms with E-state index in [0.29, 0.717) is 6.54 Å². The Balaban J connectivity index is 1.75. The maximum absolute atomic E-state index is 10.8. The fourth-order valence-electron chi connectivity index (χ4n) is 2.43. The van der Waals surface area contributed by atoms with Gasteiger partial charge in [0.1, 0.15) is 12.2 Å². The van der Waals surface area contributed by atoms with E-state index in [-0.39, 0.29) is 6.54 Å². The molecule has 1 aromatic carbocycles. The third-order valence-electron chi connectivity index (χ3n) is 3.30. The zero-order chi connectivity index (χ0) is 14.1. The largest absolute Gasteiger partial charge is 0.368 e. The van der Waals surface area contributed by atoms with E-state index >= 15 is 0 Å². The summed E-state index contributed by atoms with van der Waals surface area (Å²) in [6.07, 6.45) is 2.75. The van der Waals surface area contributed by atoms with Crippen molar-refractivity contribution in [2.45, 2.75) is 19.5 Å². The second-order valence-corrected chi connectivity index (χ2v) is 5.25. The molecule has 1 aliphatic rings. The minimum Gasteiger partial charge on any atom is -0.368 e. The van der Waals surface area contributed by atoms with Crippen molar-refractivity contribution >= 4 is 23.2 Å². The van der Waals surface area contributed by atoms with E-state index in [1.807, 2.05) is 12.1 Å². The highest BCUT2D eigenvalue weighted by Gasteiger charge is 2.20. The number of carbonyl (C=O) groups is 1. The monoisotopic (exact) mass is 291 g/mol. The Hall–Kier alpha value is -2.08. The van der Waals surface area contributed by atoms with E-state index in [4.69, 9.17) is 17.3 Å². The fourth-order valence-corrected chi connectivity index (χ4v) is 2.59. The van der Waals surface area contributed by atoms with Crippen LogP contribution in [0.2, 0.25) is 5.02 Å². The molecule has 0 unspecified atom stereocenters. The molecule has 20 heavy (non-hydrogen) atoms. The molecule has 2 N–H and O–H groups in total. The molecular formula is C13H14ClN5O. The van der Waals surface area contributed by atoms with Crippen LogP contribution in [0.15, 0.2) is 24.4 Å². The number of nitrogens with zero attached hydrogens (tertiary/aromatic N) is 4. The molecule has 0 saturated carbocycles. The Bertz CT molecular complexity index is 654. The first-order chi connectivity index (χ1) is 9.61. The standard InChI is InChI=1S/C13H14ClN5O/c14-10-2-1-9-3-4-18(12(9)5-10)6-11-7-19(17-16-11)8-13(15)20/h1-2,5,7H,3-4,6,8H2,(H2,15,20). The highest BCUT2D eigenvalue weighted by Crippen LogP contribution is 2.31. The number of benzene rings is 1. The Morgan fingerprint density at radius 3 is 3.10 bits per heavy atom. The summed E-state index contributed by atoms with van der Waals surface area (Å²) in [6.45, 7) is 1.62. The van der Waals surface area contributed by atoms with Crippen molar-refractivity contribution in [2.75, 3.05) is 11.4 Å². The van der Waals surface area contributed by atoms with E-state index in [0.717, 1.165) is 29.4 Å². The van der Waals surface area contributed by atoms with Gasteiger partial charge in [0, 0.05) is 17.3 Å². The molecule has 1 aromatic heterocycles. The van der Waals surface area contributed by atoms with Crippen LogP contribution >= 0.6 is 11.6 Å². The summed E-state index contributed by atoms with van der Waals surface area (Å²) in [7, 11) is 0. The van der Waals surface area contributed by atoms with Gasteiger partial charge in [-0.1, -0.05) is 22.9 Å². The topological polar surface area (TPSA) is 77.0 Å². The van der Waals surface area contributed by atoms with Crippen LogP contribution in [0, 0.1) is 0 Å². The molecule has 6 nitrogen and oxygen atoms in total. The van der Waals surface area contributed by atoms with Gasteiger partial charge in [0.2, 0.25) is 5.91 Å². The normalized spacial score (nSPS) is 13.6. The number of carbonyl (C=O) groups excluding carboxylic acids is 1. The quantitative estimate of drug-likeness (QED) is 0.911. The summed E-state index contributed by atoms with van der Waals surface area (Å²) in [5.41, 5.74) is 8.36. The minimum absolute atomic E-state index is 0.0510. The van der Waals surface area contributed by atoms with Crippen LogP contribution in [0.25, 0.3) is 0 Å². The van der Waals surface area contributed by atoms with Crippen molar-refractivity contribution in [2.24, 2.45) is 5.73 Å². The zero-order valence-corrected chi connectivity index (χ0v) is 11.5. The molecule has 0 bridgehead atoms. The Morgan fingerprint density at radius 1 is 1.45 bits per heavy atom. The molecule has 0 fully saturated rings. The van der Waals surface area contributed by atoms with Gasteiger partial charge in [-0.05, 0) is 24.1 Å². The molecule has 104 valence electrons. The Labute approximate surface area is 121 Å². The SMILES string of the molecule is NC(=O)Cn1cc(CN2CCc3ccc(Cl)cc32)nn1. The number of fused-ring (bicyclic) bond motifs is 1. The summed E-state index contributed by atoms with van der Waals surface area (Å²) in [5, 5.41) is 8.67. The van der Waals surface area contributed by atoms with Crippen LogP contribution in [0.3, 0.4) is 0 Å². The Morgan fingerprint density at radius 2 is 2.30 bits per heavy atom. The van der Waals surface area contributed by atoms with Gasteiger partial charge in [-0.25, -0.2) is 4.68 Å². The van der Waals surface area contributed by atoms with E-state index in [2.05, 4.69) is 21.3 Å². The van der Waals surface area contributed by atoms with E-state index in [9.17, 15) is 4.79 Å². The molecule has 0 spiro atoms. The van der Waals surface area contributed by atoms with Gasteiger partial charge in [0.25, 0.3) is 0 Å². The molecule has 0 aliphatic carbocycles. The second-order valence-electron chi connectivity index (χ2n) is 4.82.